The SMILES string of the molecule is COCC1(C(=O)OC)CCN1. The van der Waals surface area contributed by atoms with Crippen LogP contribution in [0.25, 0.3) is 0 Å². The minimum absolute atomic E-state index is 0.231. The fraction of sp³-hybridized carbons (Fsp3) is 0.857. The molecule has 0 amide bonds. The van der Waals surface area contributed by atoms with E-state index in [1.54, 1.807) is 7.11 Å². The lowest BCUT2D eigenvalue weighted by atomic mass is 9.89. The Kier molecular flexibility index (Phi) is 2.46. The van der Waals surface area contributed by atoms with Crippen molar-refractivity contribution in [2.45, 2.75) is 12.0 Å². The normalized spacial score (nSPS) is 29.3. The third kappa shape index (κ3) is 1.36. The van der Waals surface area contributed by atoms with Crippen LogP contribution in [0.15, 0.2) is 0 Å². The molecule has 1 saturated heterocycles. The van der Waals surface area contributed by atoms with E-state index in [9.17, 15) is 4.79 Å². The first-order chi connectivity index (χ1) is 5.25. The summed E-state index contributed by atoms with van der Waals surface area (Å²) >= 11 is 0. The number of hydrogen-bond donors (Lipinski definition) is 1. The van der Waals surface area contributed by atoms with Crippen LogP contribution >= 0.6 is 0 Å². The fourth-order valence-electron chi connectivity index (χ4n) is 1.22. The van der Waals surface area contributed by atoms with Crippen molar-refractivity contribution < 1.29 is 14.3 Å². The largest absolute Gasteiger partial charge is 0.468 e. The van der Waals surface area contributed by atoms with Gasteiger partial charge < -0.3 is 9.47 Å². The Balaban J connectivity index is 2.52. The summed E-state index contributed by atoms with van der Waals surface area (Å²) in [5.41, 5.74) is -0.552. The number of ether oxygens (including phenoxy) is 2. The molecule has 1 heterocycles. The van der Waals surface area contributed by atoms with E-state index in [-0.39, 0.29) is 5.97 Å². The van der Waals surface area contributed by atoms with E-state index in [1.165, 1.54) is 7.11 Å². The van der Waals surface area contributed by atoms with Gasteiger partial charge in [0.05, 0.1) is 13.7 Å². The summed E-state index contributed by atoms with van der Waals surface area (Å²) in [6.45, 7) is 1.25. The standard InChI is InChI=1S/C7H13NO3/c1-10-5-7(3-4-8-7)6(9)11-2/h8H,3-5H2,1-2H3. The van der Waals surface area contributed by atoms with E-state index < -0.39 is 5.54 Å². The molecule has 1 rings (SSSR count). The van der Waals surface area contributed by atoms with Crippen LogP contribution < -0.4 is 5.32 Å². The van der Waals surface area contributed by atoms with Gasteiger partial charge in [-0.1, -0.05) is 0 Å². The number of rotatable bonds is 3. The molecule has 0 aliphatic carbocycles. The van der Waals surface area contributed by atoms with E-state index in [4.69, 9.17) is 4.74 Å². The quantitative estimate of drug-likeness (QED) is 0.566. The van der Waals surface area contributed by atoms with Gasteiger partial charge in [0.2, 0.25) is 0 Å². The minimum atomic E-state index is -0.552. The monoisotopic (exact) mass is 159 g/mol. The van der Waals surface area contributed by atoms with Gasteiger partial charge in [-0.25, -0.2) is 4.79 Å². The zero-order valence-corrected chi connectivity index (χ0v) is 6.85. The Labute approximate surface area is 65.9 Å². The van der Waals surface area contributed by atoms with Crippen LogP contribution in [0, 0.1) is 0 Å². The third-order valence-corrected chi connectivity index (χ3v) is 1.98. The average molecular weight is 159 g/mol. The second-order valence-corrected chi connectivity index (χ2v) is 2.68. The van der Waals surface area contributed by atoms with E-state index in [1.807, 2.05) is 0 Å². The molecule has 0 radical (unpaired) electrons. The number of hydrogen-bond acceptors (Lipinski definition) is 4. The van der Waals surface area contributed by atoms with Gasteiger partial charge in [0, 0.05) is 7.11 Å². The van der Waals surface area contributed by atoms with Gasteiger partial charge in [-0.2, -0.15) is 0 Å². The highest BCUT2D eigenvalue weighted by atomic mass is 16.5. The smallest absolute Gasteiger partial charge is 0.328 e. The second kappa shape index (κ2) is 3.19. The molecule has 4 heteroatoms. The summed E-state index contributed by atoms with van der Waals surface area (Å²) in [4.78, 5) is 11.1. The average Bonchev–Trinajstić information content (AvgIpc) is 1.95. The molecule has 1 atom stereocenters. The van der Waals surface area contributed by atoms with Crippen LogP contribution in [0.1, 0.15) is 6.42 Å². The molecule has 1 aliphatic rings. The van der Waals surface area contributed by atoms with Gasteiger partial charge >= 0.3 is 5.97 Å². The van der Waals surface area contributed by atoms with E-state index >= 15 is 0 Å². The lowest BCUT2D eigenvalue weighted by Gasteiger charge is -2.39. The maximum absolute atomic E-state index is 11.1. The Morgan fingerprint density at radius 3 is 2.55 bits per heavy atom. The zero-order valence-electron chi connectivity index (χ0n) is 6.85. The van der Waals surface area contributed by atoms with Gasteiger partial charge in [-0.15, -0.1) is 0 Å². The van der Waals surface area contributed by atoms with Gasteiger partial charge in [0.1, 0.15) is 5.54 Å². The van der Waals surface area contributed by atoms with Crippen molar-refractivity contribution >= 4 is 5.97 Å². The Bertz CT molecular complexity index is 154. The lowest BCUT2D eigenvalue weighted by Crippen LogP contribution is -2.65. The van der Waals surface area contributed by atoms with E-state index in [0.717, 1.165) is 13.0 Å². The number of esters is 1. The Morgan fingerprint density at radius 1 is 1.64 bits per heavy atom. The lowest BCUT2D eigenvalue weighted by molar-refractivity contribution is -0.155. The summed E-state index contributed by atoms with van der Waals surface area (Å²) < 4.78 is 9.54. The van der Waals surface area contributed by atoms with Crippen molar-refractivity contribution in [1.82, 2.24) is 5.32 Å². The summed E-state index contributed by atoms with van der Waals surface area (Å²) in [5.74, 6) is -0.231. The van der Waals surface area contributed by atoms with Gasteiger partial charge in [-0.3, -0.25) is 5.32 Å². The maximum atomic E-state index is 11.1. The predicted molar refractivity (Wildman–Crippen MR) is 39.2 cm³/mol. The van der Waals surface area contributed by atoms with Crippen LogP contribution in [0.3, 0.4) is 0 Å². The van der Waals surface area contributed by atoms with Crippen molar-refractivity contribution in [3.8, 4) is 0 Å². The summed E-state index contributed by atoms with van der Waals surface area (Å²) in [7, 11) is 2.96. The maximum Gasteiger partial charge on any atom is 0.328 e. The highest BCUT2D eigenvalue weighted by molar-refractivity contribution is 5.82. The summed E-state index contributed by atoms with van der Waals surface area (Å²) in [5, 5.41) is 3.01. The van der Waals surface area contributed by atoms with Crippen LogP contribution in [-0.2, 0) is 14.3 Å². The van der Waals surface area contributed by atoms with E-state index in [0.29, 0.717) is 6.61 Å². The molecule has 1 unspecified atom stereocenters. The van der Waals surface area contributed by atoms with Crippen LogP contribution in [0.4, 0.5) is 0 Å². The van der Waals surface area contributed by atoms with Crippen molar-refractivity contribution in [3.05, 3.63) is 0 Å². The molecule has 0 bridgehead atoms. The molecule has 11 heavy (non-hydrogen) atoms. The van der Waals surface area contributed by atoms with E-state index in [2.05, 4.69) is 10.1 Å². The molecule has 0 spiro atoms. The minimum Gasteiger partial charge on any atom is -0.468 e. The van der Waals surface area contributed by atoms with Gasteiger partial charge in [0.25, 0.3) is 0 Å². The summed E-state index contributed by atoms with van der Waals surface area (Å²) in [6, 6.07) is 0. The topological polar surface area (TPSA) is 47.6 Å². The van der Waals surface area contributed by atoms with Crippen molar-refractivity contribution in [2.75, 3.05) is 27.4 Å². The third-order valence-electron chi connectivity index (χ3n) is 1.98. The van der Waals surface area contributed by atoms with Crippen LogP contribution in [0.5, 0.6) is 0 Å². The predicted octanol–water partition coefficient (Wildman–Crippen LogP) is -0.462. The molecule has 0 aromatic rings. The zero-order chi connectivity index (χ0) is 8.32. The van der Waals surface area contributed by atoms with Crippen LogP contribution in [0.2, 0.25) is 0 Å². The summed E-state index contributed by atoms with van der Waals surface area (Å²) in [6.07, 6.45) is 0.799. The van der Waals surface area contributed by atoms with Crippen LogP contribution in [-0.4, -0.2) is 38.9 Å². The molecule has 1 aliphatic heterocycles. The van der Waals surface area contributed by atoms with Gasteiger partial charge in [-0.05, 0) is 13.0 Å². The van der Waals surface area contributed by atoms with Crippen molar-refractivity contribution in [3.63, 3.8) is 0 Å². The molecular weight excluding hydrogens is 146 g/mol. The molecule has 0 saturated carbocycles. The number of carbonyl (C=O) groups is 1. The van der Waals surface area contributed by atoms with Crippen molar-refractivity contribution in [2.24, 2.45) is 0 Å². The first kappa shape index (κ1) is 8.49. The number of nitrogens with one attached hydrogen (secondary N) is 1. The number of carbonyl (C=O) groups excluding carboxylic acids is 1. The molecule has 0 aromatic carbocycles. The Hall–Kier alpha value is -0.610. The molecule has 4 nitrogen and oxygen atoms in total. The number of methoxy groups -OCH3 is 2. The fourth-order valence-corrected chi connectivity index (χ4v) is 1.22. The molecule has 64 valence electrons. The van der Waals surface area contributed by atoms with Gasteiger partial charge in [0.15, 0.2) is 0 Å². The highest BCUT2D eigenvalue weighted by Gasteiger charge is 2.45. The highest BCUT2D eigenvalue weighted by Crippen LogP contribution is 2.20. The molecular formula is C7H13NO3. The first-order valence-electron chi connectivity index (χ1n) is 3.57. The second-order valence-electron chi connectivity index (χ2n) is 2.68. The molecule has 1 N–H and O–H groups in total. The first-order valence-corrected chi connectivity index (χ1v) is 3.57. The Morgan fingerprint density at radius 2 is 2.27 bits per heavy atom. The molecule has 1 fully saturated rings. The molecule has 0 aromatic heterocycles. The van der Waals surface area contributed by atoms with Crippen molar-refractivity contribution in [1.29, 1.82) is 0 Å².